The molecule has 5 heteroatoms. The smallest absolute Gasteiger partial charge is 0.248 e. The summed E-state index contributed by atoms with van der Waals surface area (Å²) >= 11 is 0. The molecule has 5 nitrogen and oxygen atoms in total. The maximum Gasteiger partial charge on any atom is 0.248 e. The van der Waals surface area contributed by atoms with E-state index in [2.05, 4.69) is 89.3 Å². The van der Waals surface area contributed by atoms with E-state index < -0.39 is 0 Å². The lowest BCUT2D eigenvalue weighted by Crippen LogP contribution is -2.20. The van der Waals surface area contributed by atoms with Crippen LogP contribution in [0.5, 0.6) is 0 Å². The van der Waals surface area contributed by atoms with Crippen LogP contribution >= 0.6 is 0 Å². The zero-order chi connectivity index (χ0) is 16.5. The normalized spacial score (nSPS) is 16.2. The lowest BCUT2D eigenvalue weighted by atomic mass is 9.97. The molecule has 2 aromatic carbocycles. The molecule has 3 aromatic rings. The molecule has 1 atom stereocenters. The second-order valence-electron chi connectivity index (χ2n) is 6.00. The van der Waals surface area contributed by atoms with Gasteiger partial charge in [-0.05, 0) is 52.1 Å². The third kappa shape index (κ3) is 2.48. The number of aryl methyl sites for hydroxylation is 2. The first-order valence-electron chi connectivity index (χ1n) is 8.18. The van der Waals surface area contributed by atoms with Crippen molar-refractivity contribution in [1.29, 1.82) is 0 Å². The van der Waals surface area contributed by atoms with Gasteiger partial charge < -0.3 is 5.32 Å². The van der Waals surface area contributed by atoms with Crippen LogP contribution in [-0.4, -0.2) is 20.2 Å². The Bertz CT molecular complexity index is 892. The molecule has 120 valence electrons. The van der Waals surface area contributed by atoms with Crippen LogP contribution in [0.2, 0.25) is 0 Å². The van der Waals surface area contributed by atoms with Crippen LogP contribution in [-0.2, 0) is 6.42 Å². The third-order valence-electron chi connectivity index (χ3n) is 4.51. The van der Waals surface area contributed by atoms with Gasteiger partial charge in [0.05, 0.1) is 0 Å². The number of hydrogen-bond acceptors (Lipinski definition) is 4. The molecule has 1 aromatic heterocycles. The average molecular weight is 317 g/mol. The van der Waals surface area contributed by atoms with Gasteiger partial charge in [0.25, 0.3) is 0 Å². The summed E-state index contributed by atoms with van der Waals surface area (Å²) in [5.41, 5.74) is 5.93. The predicted octanol–water partition coefficient (Wildman–Crippen LogP) is 3.60. The highest BCUT2D eigenvalue weighted by molar-refractivity contribution is 5.77. The van der Waals surface area contributed by atoms with Gasteiger partial charge in [-0.1, -0.05) is 60.6 Å². The molecule has 1 unspecified atom stereocenters. The number of nitrogens with one attached hydrogen (secondary N) is 1. The van der Waals surface area contributed by atoms with Gasteiger partial charge in [-0.3, -0.25) is 0 Å². The maximum atomic E-state index is 4.16. The van der Waals surface area contributed by atoms with Crippen molar-refractivity contribution in [3.05, 3.63) is 76.9 Å². The summed E-state index contributed by atoms with van der Waals surface area (Å²) in [5, 5.41) is 15.5. The van der Waals surface area contributed by atoms with Crippen molar-refractivity contribution in [3.63, 3.8) is 0 Å². The molecule has 0 aliphatic carbocycles. The molecule has 0 fully saturated rings. The third-order valence-corrected chi connectivity index (χ3v) is 4.51. The highest BCUT2D eigenvalue weighted by Gasteiger charge is 2.25. The number of tetrazole rings is 1. The molecule has 0 amide bonds. The van der Waals surface area contributed by atoms with Gasteiger partial charge in [0.1, 0.15) is 6.04 Å². The summed E-state index contributed by atoms with van der Waals surface area (Å²) in [6.45, 7) is 4.28. The summed E-state index contributed by atoms with van der Waals surface area (Å²) in [6.07, 6.45) is 3.23. The molecule has 0 saturated heterocycles. The standard InChI is InChI=1S/C19H19N5/c1-3-14-8-10-15(11-9-14)17-12-18(16-7-5-4-6-13(16)2)24-19(20-17)21-22-23-24/h4-12,18H,3H2,1-2H3,(H,20,21,23). The van der Waals surface area contributed by atoms with Gasteiger partial charge in [0.15, 0.2) is 0 Å². The molecular formula is C19H19N5. The Morgan fingerprint density at radius 3 is 2.62 bits per heavy atom. The number of anilines is 1. The molecule has 1 N–H and O–H groups in total. The Labute approximate surface area is 141 Å². The first-order valence-corrected chi connectivity index (χ1v) is 8.18. The van der Waals surface area contributed by atoms with Gasteiger partial charge in [0, 0.05) is 5.70 Å². The summed E-state index contributed by atoms with van der Waals surface area (Å²) in [4.78, 5) is 0. The second kappa shape index (κ2) is 5.92. The van der Waals surface area contributed by atoms with E-state index in [4.69, 9.17) is 0 Å². The predicted molar refractivity (Wildman–Crippen MR) is 94.6 cm³/mol. The van der Waals surface area contributed by atoms with Crippen LogP contribution in [0.25, 0.3) is 5.70 Å². The highest BCUT2D eigenvalue weighted by Crippen LogP contribution is 2.32. The van der Waals surface area contributed by atoms with Crippen molar-refractivity contribution >= 4 is 11.6 Å². The Morgan fingerprint density at radius 2 is 1.88 bits per heavy atom. The fourth-order valence-electron chi connectivity index (χ4n) is 3.08. The van der Waals surface area contributed by atoms with Crippen LogP contribution in [0.3, 0.4) is 0 Å². The van der Waals surface area contributed by atoms with E-state index in [1.54, 1.807) is 0 Å². The summed E-state index contributed by atoms with van der Waals surface area (Å²) in [7, 11) is 0. The molecule has 0 spiro atoms. The zero-order valence-electron chi connectivity index (χ0n) is 13.8. The van der Waals surface area contributed by atoms with E-state index in [1.165, 1.54) is 16.7 Å². The average Bonchev–Trinajstić information content (AvgIpc) is 3.10. The largest absolute Gasteiger partial charge is 0.323 e. The Hall–Kier alpha value is -2.95. The molecule has 1 aliphatic rings. The van der Waals surface area contributed by atoms with E-state index in [0.29, 0.717) is 5.95 Å². The van der Waals surface area contributed by atoms with Crippen LogP contribution in [0.15, 0.2) is 54.6 Å². The topological polar surface area (TPSA) is 55.6 Å². The van der Waals surface area contributed by atoms with Crippen molar-refractivity contribution < 1.29 is 0 Å². The van der Waals surface area contributed by atoms with E-state index in [0.717, 1.165) is 17.7 Å². The fourth-order valence-corrected chi connectivity index (χ4v) is 3.08. The number of fused-ring (bicyclic) bond motifs is 1. The zero-order valence-corrected chi connectivity index (χ0v) is 13.8. The molecule has 24 heavy (non-hydrogen) atoms. The minimum Gasteiger partial charge on any atom is -0.323 e. The van der Waals surface area contributed by atoms with Crippen molar-refractivity contribution in [2.45, 2.75) is 26.3 Å². The van der Waals surface area contributed by atoms with Crippen LogP contribution in [0.1, 0.15) is 35.2 Å². The van der Waals surface area contributed by atoms with Crippen LogP contribution in [0.4, 0.5) is 5.95 Å². The molecule has 0 bridgehead atoms. The van der Waals surface area contributed by atoms with E-state index >= 15 is 0 Å². The van der Waals surface area contributed by atoms with Gasteiger partial charge in [-0.25, -0.2) is 0 Å². The maximum absolute atomic E-state index is 4.16. The van der Waals surface area contributed by atoms with Gasteiger partial charge in [0.2, 0.25) is 5.95 Å². The number of hydrogen-bond donors (Lipinski definition) is 1. The summed E-state index contributed by atoms with van der Waals surface area (Å²) in [6, 6.07) is 17.0. The molecular weight excluding hydrogens is 298 g/mol. The number of rotatable bonds is 3. The molecule has 0 radical (unpaired) electrons. The van der Waals surface area contributed by atoms with Gasteiger partial charge >= 0.3 is 0 Å². The molecule has 4 rings (SSSR count). The number of nitrogens with zero attached hydrogens (tertiary/aromatic N) is 4. The van der Waals surface area contributed by atoms with Crippen molar-refractivity contribution in [3.8, 4) is 0 Å². The minimum atomic E-state index is -0.0155. The van der Waals surface area contributed by atoms with Crippen LogP contribution in [0, 0.1) is 6.92 Å². The summed E-state index contributed by atoms with van der Waals surface area (Å²) < 4.78 is 1.83. The van der Waals surface area contributed by atoms with E-state index in [1.807, 2.05) is 4.68 Å². The lowest BCUT2D eigenvalue weighted by Gasteiger charge is -2.24. The number of aromatic nitrogens is 4. The first kappa shape index (κ1) is 14.6. The fraction of sp³-hybridized carbons (Fsp3) is 0.211. The SMILES string of the molecule is CCc1ccc(C2=CC(c3ccccc3C)n3nnnc3N2)cc1. The van der Waals surface area contributed by atoms with Gasteiger partial charge in [-0.15, -0.1) is 0 Å². The van der Waals surface area contributed by atoms with Crippen molar-refractivity contribution in [1.82, 2.24) is 20.2 Å². The monoisotopic (exact) mass is 317 g/mol. The van der Waals surface area contributed by atoms with E-state index in [-0.39, 0.29) is 6.04 Å². The summed E-state index contributed by atoms with van der Waals surface area (Å²) in [5.74, 6) is 0.667. The second-order valence-corrected chi connectivity index (χ2v) is 6.00. The Morgan fingerprint density at radius 1 is 1.08 bits per heavy atom. The van der Waals surface area contributed by atoms with Crippen molar-refractivity contribution in [2.24, 2.45) is 0 Å². The number of benzene rings is 2. The number of allylic oxidation sites excluding steroid dienone is 1. The van der Waals surface area contributed by atoms with Gasteiger partial charge in [-0.2, -0.15) is 4.68 Å². The Balaban J connectivity index is 1.80. The van der Waals surface area contributed by atoms with Crippen LogP contribution < -0.4 is 5.32 Å². The molecule has 2 heterocycles. The minimum absolute atomic E-state index is 0.0155. The quantitative estimate of drug-likeness (QED) is 0.802. The Kier molecular flexibility index (Phi) is 3.61. The highest BCUT2D eigenvalue weighted by atomic mass is 15.6. The van der Waals surface area contributed by atoms with Crippen molar-refractivity contribution in [2.75, 3.05) is 5.32 Å². The molecule has 1 aliphatic heterocycles. The van der Waals surface area contributed by atoms with E-state index in [9.17, 15) is 0 Å². The lowest BCUT2D eigenvalue weighted by molar-refractivity contribution is 0.583. The first-order chi connectivity index (χ1) is 11.8. The molecule has 0 saturated carbocycles.